The molecule has 7 heteroatoms. The van der Waals surface area contributed by atoms with Crippen molar-refractivity contribution in [3.05, 3.63) is 64.9 Å². The molecule has 3 rings (SSSR count). The van der Waals surface area contributed by atoms with Crippen molar-refractivity contribution >= 4 is 29.1 Å². The summed E-state index contributed by atoms with van der Waals surface area (Å²) in [4.78, 5) is 28.0. The van der Waals surface area contributed by atoms with E-state index in [1.807, 2.05) is 12.1 Å². The summed E-state index contributed by atoms with van der Waals surface area (Å²) in [6, 6.07) is 13.7. The topological polar surface area (TPSA) is 52.7 Å². The van der Waals surface area contributed by atoms with Crippen LogP contribution in [0.4, 0.5) is 10.1 Å². The maximum absolute atomic E-state index is 13.0. The van der Waals surface area contributed by atoms with Crippen LogP contribution >= 0.6 is 11.6 Å². The molecule has 1 aliphatic rings. The Morgan fingerprint density at radius 1 is 0.963 bits per heavy atom. The van der Waals surface area contributed by atoms with Gasteiger partial charge in [0, 0.05) is 43.4 Å². The molecule has 1 aliphatic heterocycles. The number of nitrogens with one attached hydrogen (secondary N) is 1. The Bertz CT molecular complexity index is 788. The second kappa shape index (κ2) is 8.86. The molecule has 2 aromatic rings. The van der Waals surface area contributed by atoms with E-state index in [1.54, 1.807) is 29.2 Å². The highest BCUT2D eigenvalue weighted by atomic mass is 35.5. The molecule has 0 saturated carbocycles. The average molecular weight is 390 g/mol. The second-order valence-corrected chi connectivity index (χ2v) is 6.82. The van der Waals surface area contributed by atoms with E-state index >= 15 is 0 Å². The summed E-state index contributed by atoms with van der Waals surface area (Å²) >= 11 is 5.84. The molecule has 0 atom stereocenters. The minimum absolute atomic E-state index is 0.275. The highest BCUT2D eigenvalue weighted by Gasteiger charge is 2.25. The van der Waals surface area contributed by atoms with Crippen LogP contribution in [0.15, 0.2) is 48.5 Å². The van der Waals surface area contributed by atoms with Gasteiger partial charge < -0.3 is 15.1 Å². The normalized spacial score (nSPS) is 14.1. The van der Waals surface area contributed by atoms with Gasteiger partial charge >= 0.3 is 11.8 Å². The number of carbonyl (C=O) groups excluding carboxylic acids is 2. The predicted octanol–water partition coefficient (Wildman–Crippen LogP) is 2.49. The minimum atomic E-state index is -0.584. The number of hydrogen-bond donors (Lipinski definition) is 1. The summed E-state index contributed by atoms with van der Waals surface area (Å²) in [6.07, 6.45) is 0.633. The van der Waals surface area contributed by atoms with Crippen molar-refractivity contribution in [2.75, 3.05) is 37.6 Å². The van der Waals surface area contributed by atoms with Crippen LogP contribution in [0.25, 0.3) is 0 Å². The van der Waals surface area contributed by atoms with Gasteiger partial charge in [-0.15, -0.1) is 0 Å². The van der Waals surface area contributed by atoms with Crippen molar-refractivity contribution in [1.29, 1.82) is 0 Å². The fourth-order valence-electron chi connectivity index (χ4n) is 3.01. The van der Waals surface area contributed by atoms with Gasteiger partial charge in [0.1, 0.15) is 5.82 Å². The zero-order chi connectivity index (χ0) is 19.2. The van der Waals surface area contributed by atoms with Crippen molar-refractivity contribution in [2.24, 2.45) is 0 Å². The Morgan fingerprint density at radius 3 is 2.22 bits per heavy atom. The van der Waals surface area contributed by atoms with E-state index in [-0.39, 0.29) is 5.82 Å². The molecular formula is C20H21ClFN3O2. The van der Waals surface area contributed by atoms with Crippen LogP contribution in [0, 0.1) is 5.82 Å². The second-order valence-electron chi connectivity index (χ2n) is 6.39. The number of anilines is 1. The number of halogens is 2. The summed E-state index contributed by atoms with van der Waals surface area (Å²) in [6.45, 7) is 2.52. The lowest BCUT2D eigenvalue weighted by molar-refractivity contribution is -0.146. The standard InChI is InChI=1S/C20H21ClFN3O2/c21-16-3-1-15(2-4-16)9-10-23-19(26)20(27)25-13-11-24(12-14-25)18-7-5-17(22)6-8-18/h1-8H,9-14H2,(H,23,26). The molecule has 142 valence electrons. The molecule has 1 fully saturated rings. The first-order valence-corrected chi connectivity index (χ1v) is 9.23. The molecule has 2 amide bonds. The van der Waals surface area contributed by atoms with E-state index in [0.717, 1.165) is 11.3 Å². The number of hydrogen-bond acceptors (Lipinski definition) is 3. The van der Waals surface area contributed by atoms with Gasteiger partial charge in [-0.05, 0) is 48.4 Å². The minimum Gasteiger partial charge on any atom is -0.368 e. The van der Waals surface area contributed by atoms with Gasteiger partial charge in [0.2, 0.25) is 0 Å². The SMILES string of the molecule is O=C(NCCc1ccc(Cl)cc1)C(=O)N1CCN(c2ccc(F)cc2)CC1. The molecular weight excluding hydrogens is 369 g/mol. The summed E-state index contributed by atoms with van der Waals surface area (Å²) in [7, 11) is 0. The molecule has 2 aromatic carbocycles. The van der Waals surface area contributed by atoms with Crippen molar-refractivity contribution < 1.29 is 14.0 Å². The Balaban J connectivity index is 1.43. The predicted molar refractivity (Wildman–Crippen MR) is 103 cm³/mol. The monoisotopic (exact) mass is 389 g/mol. The third kappa shape index (κ3) is 5.20. The summed E-state index contributed by atoms with van der Waals surface area (Å²) in [5.74, 6) is -1.37. The van der Waals surface area contributed by atoms with Crippen molar-refractivity contribution in [3.8, 4) is 0 Å². The van der Waals surface area contributed by atoms with Gasteiger partial charge in [-0.3, -0.25) is 9.59 Å². The Morgan fingerprint density at radius 2 is 1.59 bits per heavy atom. The van der Waals surface area contributed by atoms with Gasteiger partial charge in [-0.1, -0.05) is 23.7 Å². The fraction of sp³-hybridized carbons (Fsp3) is 0.300. The van der Waals surface area contributed by atoms with E-state index in [2.05, 4.69) is 10.2 Å². The Kier molecular flexibility index (Phi) is 6.29. The van der Waals surface area contributed by atoms with E-state index < -0.39 is 11.8 Å². The molecule has 0 radical (unpaired) electrons. The van der Waals surface area contributed by atoms with Gasteiger partial charge in [0.05, 0.1) is 0 Å². The first-order valence-electron chi connectivity index (χ1n) is 8.85. The smallest absolute Gasteiger partial charge is 0.312 e. The molecule has 0 spiro atoms. The van der Waals surface area contributed by atoms with Crippen LogP contribution in [0.5, 0.6) is 0 Å². The zero-order valence-corrected chi connectivity index (χ0v) is 15.6. The number of nitrogens with zero attached hydrogens (tertiary/aromatic N) is 2. The number of amides is 2. The lowest BCUT2D eigenvalue weighted by Crippen LogP contribution is -2.52. The molecule has 0 bridgehead atoms. The summed E-state index contributed by atoms with van der Waals surface area (Å²) in [5.41, 5.74) is 1.95. The first kappa shape index (κ1) is 19.2. The average Bonchev–Trinajstić information content (AvgIpc) is 2.69. The Labute approximate surface area is 162 Å². The molecule has 1 saturated heterocycles. The highest BCUT2D eigenvalue weighted by molar-refractivity contribution is 6.35. The van der Waals surface area contributed by atoms with Gasteiger partial charge in [0.15, 0.2) is 0 Å². The molecule has 1 N–H and O–H groups in total. The highest BCUT2D eigenvalue weighted by Crippen LogP contribution is 2.17. The quantitative estimate of drug-likeness (QED) is 0.817. The van der Waals surface area contributed by atoms with Crippen LogP contribution in [-0.2, 0) is 16.0 Å². The first-order chi connectivity index (χ1) is 13.0. The van der Waals surface area contributed by atoms with E-state index in [1.165, 1.54) is 12.1 Å². The summed E-state index contributed by atoms with van der Waals surface area (Å²) < 4.78 is 13.0. The van der Waals surface area contributed by atoms with Crippen LogP contribution in [0.2, 0.25) is 5.02 Å². The molecule has 0 unspecified atom stereocenters. The number of rotatable bonds is 4. The van der Waals surface area contributed by atoms with Crippen LogP contribution in [-0.4, -0.2) is 49.4 Å². The van der Waals surface area contributed by atoms with Gasteiger partial charge in [0.25, 0.3) is 0 Å². The maximum atomic E-state index is 13.0. The molecule has 5 nitrogen and oxygen atoms in total. The van der Waals surface area contributed by atoms with Crippen molar-refractivity contribution in [3.63, 3.8) is 0 Å². The zero-order valence-electron chi connectivity index (χ0n) is 14.8. The van der Waals surface area contributed by atoms with Crippen molar-refractivity contribution in [2.45, 2.75) is 6.42 Å². The van der Waals surface area contributed by atoms with Crippen LogP contribution < -0.4 is 10.2 Å². The molecule has 0 aromatic heterocycles. The van der Waals surface area contributed by atoms with Crippen LogP contribution in [0.1, 0.15) is 5.56 Å². The third-order valence-corrected chi connectivity index (χ3v) is 4.82. The van der Waals surface area contributed by atoms with E-state index in [9.17, 15) is 14.0 Å². The summed E-state index contributed by atoms with van der Waals surface area (Å²) in [5, 5.41) is 3.34. The van der Waals surface area contributed by atoms with Crippen LogP contribution in [0.3, 0.4) is 0 Å². The molecule has 1 heterocycles. The molecule has 0 aliphatic carbocycles. The fourth-order valence-corrected chi connectivity index (χ4v) is 3.14. The Hall–Kier alpha value is -2.60. The molecule has 27 heavy (non-hydrogen) atoms. The lowest BCUT2D eigenvalue weighted by Gasteiger charge is -2.35. The van der Waals surface area contributed by atoms with Gasteiger partial charge in [-0.2, -0.15) is 0 Å². The largest absolute Gasteiger partial charge is 0.368 e. The maximum Gasteiger partial charge on any atom is 0.312 e. The number of carbonyl (C=O) groups is 2. The van der Waals surface area contributed by atoms with Gasteiger partial charge in [-0.25, -0.2) is 4.39 Å². The number of piperazine rings is 1. The number of benzene rings is 2. The lowest BCUT2D eigenvalue weighted by atomic mass is 10.1. The van der Waals surface area contributed by atoms with Crippen molar-refractivity contribution in [1.82, 2.24) is 10.2 Å². The third-order valence-electron chi connectivity index (χ3n) is 4.57. The van der Waals surface area contributed by atoms with E-state index in [4.69, 9.17) is 11.6 Å². The van der Waals surface area contributed by atoms with E-state index in [0.29, 0.717) is 44.2 Å².